The molecule has 0 saturated carbocycles. The number of carbonyl (C=O) groups excluding carboxylic acids is 2. The standard InChI is InChI=1S/C27H23FN4O5/c28-22-8-2-1-7-21(22)26(34)29-23(13-17-5-3-6-20(12-17)32(36)37)27(35)30-14-18-11-19(16-30)24-9-4-10-25(33)31(24)15-18/h1-10,12-13,18-19H,11,14-16H2,(H,29,34)/b23-13-/t18-,19+/m1/s1. The van der Waals surface area contributed by atoms with Crippen molar-refractivity contribution in [3.05, 3.63) is 116 Å². The van der Waals surface area contributed by atoms with Gasteiger partial charge in [-0.2, -0.15) is 0 Å². The van der Waals surface area contributed by atoms with Gasteiger partial charge in [0, 0.05) is 49.4 Å². The Labute approximate surface area is 211 Å². The smallest absolute Gasteiger partial charge is 0.270 e. The maximum absolute atomic E-state index is 14.3. The lowest BCUT2D eigenvalue weighted by atomic mass is 9.83. The Kier molecular flexibility index (Phi) is 6.39. The number of amides is 2. The summed E-state index contributed by atoms with van der Waals surface area (Å²) in [6.45, 7) is 1.19. The molecule has 0 unspecified atom stereocenters. The number of non-ortho nitro benzene ring substituents is 1. The number of fused-ring (bicyclic) bond motifs is 4. The molecule has 1 N–H and O–H groups in total. The van der Waals surface area contributed by atoms with Crippen LogP contribution in [0.1, 0.15) is 34.0 Å². The van der Waals surface area contributed by atoms with Crippen LogP contribution >= 0.6 is 0 Å². The highest BCUT2D eigenvalue weighted by molar-refractivity contribution is 6.05. The average Bonchev–Trinajstić information content (AvgIpc) is 2.89. The quantitative estimate of drug-likeness (QED) is 0.327. The van der Waals surface area contributed by atoms with Crippen LogP contribution in [0.5, 0.6) is 0 Å². The van der Waals surface area contributed by atoms with Crippen molar-refractivity contribution in [2.24, 2.45) is 5.92 Å². The fourth-order valence-corrected chi connectivity index (χ4v) is 5.11. The predicted octanol–water partition coefficient (Wildman–Crippen LogP) is 3.31. The van der Waals surface area contributed by atoms with Crippen LogP contribution in [0.4, 0.5) is 10.1 Å². The SMILES string of the molecule is O=C(N/C(=C\c1cccc([N+](=O)[O-])c1)C(=O)N1C[C@H]2C[C@@H](C1)c1cccc(=O)n1C2)c1ccccc1F. The van der Waals surface area contributed by atoms with Crippen molar-refractivity contribution in [1.29, 1.82) is 0 Å². The Morgan fingerprint density at radius 1 is 1.03 bits per heavy atom. The van der Waals surface area contributed by atoms with Crippen molar-refractivity contribution in [1.82, 2.24) is 14.8 Å². The first kappa shape index (κ1) is 24.1. The number of aromatic nitrogens is 1. The number of piperidine rings is 1. The number of nitrogens with one attached hydrogen (secondary N) is 1. The van der Waals surface area contributed by atoms with Crippen LogP contribution in [0.25, 0.3) is 6.08 Å². The molecule has 9 nitrogen and oxygen atoms in total. The molecule has 0 spiro atoms. The number of benzene rings is 2. The van der Waals surface area contributed by atoms with Gasteiger partial charge in [0.2, 0.25) is 0 Å². The number of nitrogens with zero attached hydrogens (tertiary/aromatic N) is 3. The normalized spacial score (nSPS) is 18.6. The minimum atomic E-state index is -0.808. The van der Waals surface area contributed by atoms with Crippen molar-refractivity contribution in [2.75, 3.05) is 13.1 Å². The molecule has 0 aliphatic carbocycles. The lowest BCUT2D eigenvalue weighted by molar-refractivity contribution is -0.384. The number of likely N-dealkylation sites (tertiary alicyclic amines) is 1. The predicted molar refractivity (Wildman–Crippen MR) is 133 cm³/mol. The average molecular weight is 503 g/mol. The summed E-state index contributed by atoms with van der Waals surface area (Å²) in [4.78, 5) is 51.3. The molecule has 1 aromatic heterocycles. The van der Waals surface area contributed by atoms with Crippen LogP contribution in [0, 0.1) is 21.8 Å². The van der Waals surface area contributed by atoms with Crippen molar-refractivity contribution < 1.29 is 18.9 Å². The third kappa shape index (κ3) is 4.90. The van der Waals surface area contributed by atoms with Crippen molar-refractivity contribution in [3.63, 3.8) is 0 Å². The van der Waals surface area contributed by atoms with Gasteiger partial charge >= 0.3 is 0 Å². The molecule has 2 aliphatic rings. The van der Waals surface area contributed by atoms with Crippen LogP contribution in [-0.4, -0.2) is 39.3 Å². The molecule has 1 fully saturated rings. The number of nitro benzene ring substituents is 1. The van der Waals surface area contributed by atoms with Crippen LogP contribution in [0.3, 0.4) is 0 Å². The molecule has 2 atom stereocenters. The Balaban J connectivity index is 1.48. The summed E-state index contributed by atoms with van der Waals surface area (Å²) >= 11 is 0. The number of nitro groups is 1. The molecule has 188 valence electrons. The zero-order valence-electron chi connectivity index (χ0n) is 19.7. The summed E-state index contributed by atoms with van der Waals surface area (Å²) in [6.07, 6.45) is 2.19. The second-order valence-electron chi connectivity index (χ2n) is 9.25. The molecule has 3 heterocycles. The topological polar surface area (TPSA) is 115 Å². The molecule has 37 heavy (non-hydrogen) atoms. The van der Waals surface area contributed by atoms with Crippen LogP contribution in [-0.2, 0) is 11.3 Å². The zero-order chi connectivity index (χ0) is 26.1. The molecule has 10 heteroatoms. The summed E-state index contributed by atoms with van der Waals surface area (Å²) in [7, 11) is 0. The lowest BCUT2D eigenvalue weighted by Crippen LogP contribution is -2.50. The maximum atomic E-state index is 14.3. The van der Waals surface area contributed by atoms with Gasteiger partial charge in [0.15, 0.2) is 0 Å². The van der Waals surface area contributed by atoms with E-state index in [1.807, 2.05) is 6.07 Å². The molecule has 2 aromatic carbocycles. The van der Waals surface area contributed by atoms with Gasteiger partial charge in [-0.05, 0) is 42.2 Å². The Morgan fingerprint density at radius 3 is 2.59 bits per heavy atom. The summed E-state index contributed by atoms with van der Waals surface area (Å²) in [6, 6.07) is 16.2. The van der Waals surface area contributed by atoms with Gasteiger partial charge in [0.1, 0.15) is 11.5 Å². The van der Waals surface area contributed by atoms with E-state index in [2.05, 4.69) is 5.32 Å². The molecule has 2 aliphatic heterocycles. The van der Waals surface area contributed by atoms with Crippen LogP contribution in [0.15, 0.2) is 77.2 Å². The third-order valence-corrected chi connectivity index (χ3v) is 6.76. The van der Waals surface area contributed by atoms with E-state index in [0.717, 1.165) is 18.2 Å². The highest BCUT2D eigenvalue weighted by atomic mass is 19.1. The minimum absolute atomic E-state index is 0.0494. The molecule has 1 saturated heterocycles. The Hall–Kier alpha value is -4.60. The van der Waals surface area contributed by atoms with Gasteiger partial charge in [-0.25, -0.2) is 4.39 Å². The molecule has 2 amide bonds. The number of hydrogen-bond acceptors (Lipinski definition) is 5. The van der Waals surface area contributed by atoms with E-state index >= 15 is 0 Å². The maximum Gasteiger partial charge on any atom is 0.270 e. The van der Waals surface area contributed by atoms with Gasteiger partial charge in [-0.15, -0.1) is 0 Å². The number of pyridine rings is 1. The van der Waals surface area contributed by atoms with E-state index in [-0.39, 0.29) is 34.3 Å². The van der Waals surface area contributed by atoms with Gasteiger partial charge in [0.05, 0.1) is 10.5 Å². The van der Waals surface area contributed by atoms with E-state index in [1.165, 1.54) is 48.5 Å². The monoisotopic (exact) mass is 502 g/mol. The first-order chi connectivity index (χ1) is 17.8. The van der Waals surface area contributed by atoms with E-state index in [0.29, 0.717) is 25.2 Å². The van der Waals surface area contributed by atoms with Gasteiger partial charge in [0.25, 0.3) is 23.1 Å². The molecule has 3 aromatic rings. The molecular formula is C27H23FN4O5. The molecule has 2 bridgehead atoms. The number of carbonyl (C=O) groups is 2. The highest BCUT2D eigenvalue weighted by Gasteiger charge is 2.37. The number of hydrogen-bond donors (Lipinski definition) is 1. The summed E-state index contributed by atoms with van der Waals surface area (Å²) in [5.74, 6) is -2.03. The second-order valence-corrected chi connectivity index (χ2v) is 9.25. The number of halogens is 1. The Morgan fingerprint density at radius 2 is 1.81 bits per heavy atom. The fraction of sp³-hybridized carbons (Fsp3) is 0.222. The number of rotatable bonds is 5. The molecular weight excluding hydrogens is 479 g/mol. The van der Waals surface area contributed by atoms with Crippen molar-refractivity contribution in [2.45, 2.75) is 18.9 Å². The first-order valence-corrected chi connectivity index (χ1v) is 11.8. The summed E-state index contributed by atoms with van der Waals surface area (Å²) in [5.41, 5.74) is 0.593. The van der Waals surface area contributed by atoms with Crippen LogP contribution < -0.4 is 10.9 Å². The lowest BCUT2D eigenvalue weighted by Gasteiger charge is -2.43. The summed E-state index contributed by atoms with van der Waals surface area (Å²) in [5, 5.41) is 13.8. The molecule has 0 radical (unpaired) electrons. The van der Waals surface area contributed by atoms with E-state index in [9.17, 15) is 28.9 Å². The second kappa shape index (κ2) is 9.81. The minimum Gasteiger partial charge on any atom is -0.336 e. The largest absolute Gasteiger partial charge is 0.336 e. The van der Waals surface area contributed by atoms with Gasteiger partial charge in [-0.3, -0.25) is 24.5 Å². The Bertz CT molecular complexity index is 1500. The zero-order valence-corrected chi connectivity index (χ0v) is 19.7. The van der Waals surface area contributed by atoms with Crippen molar-refractivity contribution >= 4 is 23.6 Å². The van der Waals surface area contributed by atoms with E-state index in [1.54, 1.807) is 21.6 Å². The van der Waals surface area contributed by atoms with Crippen molar-refractivity contribution in [3.8, 4) is 0 Å². The highest BCUT2D eigenvalue weighted by Crippen LogP contribution is 2.35. The van der Waals surface area contributed by atoms with Crippen LogP contribution in [0.2, 0.25) is 0 Å². The summed E-state index contributed by atoms with van der Waals surface area (Å²) < 4.78 is 16.0. The van der Waals surface area contributed by atoms with Gasteiger partial charge in [-0.1, -0.05) is 30.3 Å². The third-order valence-electron chi connectivity index (χ3n) is 6.76. The van der Waals surface area contributed by atoms with E-state index in [4.69, 9.17) is 0 Å². The fourth-order valence-electron chi connectivity index (χ4n) is 5.11. The first-order valence-electron chi connectivity index (χ1n) is 11.8. The van der Waals surface area contributed by atoms with E-state index < -0.39 is 22.6 Å². The van der Waals surface area contributed by atoms with Gasteiger partial charge < -0.3 is 14.8 Å². The molecule has 5 rings (SSSR count).